The van der Waals surface area contributed by atoms with Crippen molar-refractivity contribution in [3.05, 3.63) is 37.0 Å². The second-order valence-corrected chi connectivity index (χ2v) is 22.1. The van der Waals surface area contributed by atoms with Crippen molar-refractivity contribution >= 4 is 74.9 Å². The van der Waals surface area contributed by atoms with Crippen LogP contribution in [0.1, 0.15) is 91.2 Å². The highest BCUT2D eigenvalue weighted by atomic mass is 32.2. The number of aromatic nitrogens is 4. The largest absolute Gasteiger partial charge is 0.481 e. The minimum Gasteiger partial charge on any atom is -0.386 e. The van der Waals surface area contributed by atoms with Crippen molar-refractivity contribution in [2.75, 3.05) is 37.8 Å². The molecule has 2 aliphatic rings. The third kappa shape index (κ3) is 18.1. The fourth-order valence-electron chi connectivity index (χ4n) is 7.41. The van der Waals surface area contributed by atoms with E-state index in [2.05, 4.69) is 53.5 Å². The van der Waals surface area contributed by atoms with Gasteiger partial charge in [0.05, 0.1) is 19.5 Å². The lowest BCUT2D eigenvalue weighted by molar-refractivity contribution is -0.137. The normalized spacial score (nSPS) is 23.6. The zero-order valence-electron chi connectivity index (χ0n) is 37.8. The average Bonchev–Trinajstić information content (AvgIpc) is 3.94. The van der Waals surface area contributed by atoms with Crippen LogP contribution in [0.3, 0.4) is 0 Å². The summed E-state index contributed by atoms with van der Waals surface area (Å²) < 4.78 is 62.4. The Kier molecular flexibility index (Phi) is 22.1. The number of hydrogen-bond donors (Lipinski definition) is 9. The molecule has 9 atom stereocenters. The second kappa shape index (κ2) is 26.2. The van der Waals surface area contributed by atoms with Gasteiger partial charge < -0.3 is 50.9 Å². The first kappa shape index (κ1) is 57.3. The van der Waals surface area contributed by atoms with Gasteiger partial charge in [-0.1, -0.05) is 63.6 Å². The van der Waals surface area contributed by atoms with Crippen molar-refractivity contribution in [2.45, 2.75) is 116 Å². The number of ether oxygens (including phenoxy) is 1. The fraction of sp³-hybridized carbons (Fsp3) is 0.667. The van der Waals surface area contributed by atoms with E-state index in [1.54, 1.807) is 0 Å². The summed E-state index contributed by atoms with van der Waals surface area (Å²) in [7, 11) is -16.4. The average molecular weight is 1040 g/mol. The van der Waals surface area contributed by atoms with Crippen LogP contribution >= 0.6 is 35.2 Å². The maximum Gasteiger partial charge on any atom is 0.481 e. The molecule has 2 fully saturated rings. The highest BCUT2D eigenvalue weighted by Gasteiger charge is 2.50. The van der Waals surface area contributed by atoms with Crippen molar-refractivity contribution in [3.63, 3.8) is 0 Å². The van der Waals surface area contributed by atoms with Crippen molar-refractivity contribution in [2.24, 2.45) is 17.3 Å². The van der Waals surface area contributed by atoms with Gasteiger partial charge >= 0.3 is 23.5 Å². The summed E-state index contributed by atoms with van der Waals surface area (Å²) in [4.78, 5) is 101. The smallest absolute Gasteiger partial charge is 0.386 e. The van der Waals surface area contributed by atoms with Gasteiger partial charge in [0.1, 0.15) is 42.0 Å². The number of amides is 2. The number of ketones is 1. The van der Waals surface area contributed by atoms with E-state index >= 15 is 0 Å². The minimum absolute atomic E-state index is 0.0276. The van der Waals surface area contributed by atoms with Gasteiger partial charge in [-0.3, -0.25) is 37.3 Å². The lowest BCUT2D eigenvalue weighted by atomic mass is 9.87. The van der Waals surface area contributed by atoms with E-state index in [4.69, 9.17) is 19.5 Å². The summed E-state index contributed by atoms with van der Waals surface area (Å²) >= 11 is 1.04. The molecule has 2 aromatic heterocycles. The summed E-state index contributed by atoms with van der Waals surface area (Å²) in [6, 6.07) is 0. The van der Waals surface area contributed by atoms with Crippen molar-refractivity contribution in [1.82, 2.24) is 30.2 Å². The maximum absolute atomic E-state index is 12.7. The lowest BCUT2D eigenvalue weighted by Gasteiger charge is -2.30. The van der Waals surface area contributed by atoms with Gasteiger partial charge in [0, 0.05) is 43.0 Å². The van der Waals surface area contributed by atoms with Gasteiger partial charge in [0.15, 0.2) is 17.7 Å². The Morgan fingerprint density at radius 2 is 1.76 bits per heavy atom. The number of thioether (sulfide) groups is 1. The SMILES string of the molecule is CC/C=C\C[C@@H]1C(=O)CCC1CCCCC/C=C/C(=O)SCCNC(=O)CCNC(=O)[C@H](O)C(C)(C)COP(=O)(O)OP(=O)(O)OC[C@H]1O[C@@H](n2cnc3c(N)ncnc32)C(O)[C@H]1OP(=O)(O)O. The monoisotopic (exact) mass is 1040 g/mol. The van der Waals surface area contributed by atoms with E-state index in [0.717, 1.165) is 80.4 Å². The van der Waals surface area contributed by atoms with Crippen LogP contribution in [0.4, 0.5) is 5.82 Å². The van der Waals surface area contributed by atoms with Crippen molar-refractivity contribution in [3.8, 4) is 0 Å². The van der Waals surface area contributed by atoms with Gasteiger partial charge in [0.25, 0.3) is 0 Å². The Balaban J connectivity index is 1.11. The Labute approximate surface area is 396 Å². The molecule has 4 rings (SSSR count). The van der Waals surface area contributed by atoms with Crippen molar-refractivity contribution < 1.29 is 85.3 Å². The van der Waals surface area contributed by atoms with Gasteiger partial charge in [-0.25, -0.2) is 28.6 Å². The van der Waals surface area contributed by atoms with E-state index in [1.807, 2.05) is 6.08 Å². The number of fused-ring (bicyclic) bond motifs is 1. The first-order chi connectivity index (χ1) is 31.9. The van der Waals surface area contributed by atoms with E-state index in [0.29, 0.717) is 23.9 Å². The highest BCUT2D eigenvalue weighted by Crippen LogP contribution is 2.61. The molecule has 4 unspecified atom stereocenters. The van der Waals surface area contributed by atoms with Gasteiger partial charge in [-0.2, -0.15) is 4.31 Å². The molecular weight excluding hydrogens is 979 g/mol. The Morgan fingerprint density at radius 1 is 1.03 bits per heavy atom. The summed E-state index contributed by atoms with van der Waals surface area (Å²) in [5.74, 6) is -0.180. The standard InChI is InChI=1S/C39H62N7O18P3S/c1-4-5-9-13-26-25(15-16-27(26)47)12-10-7-6-8-11-14-30(49)68-20-19-41-29(48)17-18-42-37(52)34(51)39(2,3)22-61-67(58,59)64-66(56,57)60-21-28-33(63-65(53,54)55)32(50)38(62-28)46-24-45-31-35(40)43-23-44-36(31)46/h5,9,11,14,23-26,28,32-34,38,50-51H,4,6-8,10,12-13,15-22H2,1-3H3,(H,41,48)(H,42,52)(H,56,57)(H,58,59)(H2,40,43,44)(H2,53,54,55)/b9-5-,14-11+/t25?,26-,28+,32?,33-,34-,38+/m0/s1. The summed E-state index contributed by atoms with van der Waals surface area (Å²) in [5, 5.41) is 26.4. The molecule has 1 aliphatic heterocycles. The van der Waals surface area contributed by atoms with Crippen LogP contribution in [-0.4, -0.2) is 128 Å². The predicted octanol–water partition coefficient (Wildman–Crippen LogP) is 3.12. The van der Waals surface area contributed by atoms with Crippen LogP contribution in [0, 0.1) is 17.3 Å². The molecular formula is C39H62N7O18P3S. The molecule has 1 aliphatic carbocycles. The number of aliphatic hydroxyl groups excluding tert-OH is 2. The lowest BCUT2D eigenvalue weighted by Crippen LogP contribution is -2.46. The Morgan fingerprint density at radius 3 is 2.49 bits per heavy atom. The Hall–Kier alpha value is -3.29. The molecule has 10 N–H and O–H groups in total. The molecule has 68 heavy (non-hydrogen) atoms. The molecule has 0 radical (unpaired) electrons. The zero-order valence-corrected chi connectivity index (χ0v) is 41.3. The molecule has 2 aromatic rings. The quantitative estimate of drug-likeness (QED) is 0.0244. The summed E-state index contributed by atoms with van der Waals surface area (Å²) in [5.41, 5.74) is 4.26. The number of unbranched alkanes of at least 4 members (excludes halogenated alkanes) is 3. The molecule has 382 valence electrons. The van der Waals surface area contributed by atoms with Crippen LogP contribution < -0.4 is 16.4 Å². The number of nitrogen functional groups attached to an aromatic ring is 1. The van der Waals surface area contributed by atoms with Gasteiger partial charge in [-0.15, -0.1) is 0 Å². The fourth-order valence-corrected chi connectivity index (χ4v) is 10.8. The molecule has 0 aromatic carbocycles. The van der Waals surface area contributed by atoms with E-state index in [-0.39, 0.29) is 47.5 Å². The zero-order chi connectivity index (χ0) is 50.3. The number of nitrogens with zero attached hydrogens (tertiary/aromatic N) is 4. The minimum atomic E-state index is -5.59. The maximum atomic E-state index is 12.7. The Bertz CT molecular complexity index is 2240. The van der Waals surface area contributed by atoms with Crippen LogP contribution in [0.5, 0.6) is 0 Å². The van der Waals surface area contributed by atoms with Crippen LogP contribution in [0.15, 0.2) is 37.0 Å². The number of phosphoric acid groups is 3. The van der Waals surface area contributed by atoms with Gasteiger partial charge in [0.2, 0.25) is 16.9 Å². The number of imidazole rings is 1. The number of allylic oxidation sites excluding steroid dienone is 3. The second-order valence-electron chi connectivity index (χ2n) is 16.8. The first-order valence-corrected chi connectivity index (χ1v) is 27.3. The predicted molar refractivity (Wildman–Crippen MR) is 245 cm³/mol. The number of Topliss-reactive ketones (excluding diaryl/α,β-unsaturated/α-hetero) is 1. The number of nitrogens with two attached hydrogens (primary N) is 1. The number of rotatable bonds is 29. The molecule has 1 saturated heterocycles. The summed E-state index contributed by atoms with van der Waals surface area (Å²) in [6.45, 7) is 2.52. The molecule has 25 nitrogen and oxygen atoms in total. The number of carbonyl (C=O) groups excluding carboxylic acids is 4. The molecule has 3 heterocycles. The van der Waals surface area contributed by atoms with Gasteiger partial charge in [-0.05, 0) is 50.5 Å². The molecule has 0 spiro atoms. The first-order valence-electron chi connectivity index (χ1n) is 21.8. The topological polar surface area (TPSA) is 381 Å². The van der Waals surface area contributed by atoms with Crippen molar-refractivity contribution in [1.29, 1.82) is 0 Å². The molecule has 1 saturated carbocycles. The number of nitrogens with one attached hydrogen (secondary N) is 2. The highest BCUT2D eigenvalue weighted by molar-refractivity contribution is 8.14. The van der Waals surface area contributed by atoms with Crippen LogP contribution in [0.2, 0.25) is 0 Å². The van der Waals surface area contributed by atoms with Crippen LogP contribution in [-0.2, 0) is 55.5 Å². The number of carbonyl (C=O) groups is 4. The molecule has 0 bridgehead atoms. The third-order valence-corrected chi connectivity index (χ3v) is 14.9. The molecule has 29 heteroatoms. The van der Waals surface area contributed by atoms with Crippen LogP contribution in [0.25, 0.3) is 11.2 Å². The number of hydrogen-bond acceptors (Lipinski definition) is 19. The van der Waals surface area contributed by atoms with E-state index in [9.17, 15) is 62.7 Å². The number of phosphoric ester groups is 3. The number of anilines is 1. The van der Waals surface area contributed by atoms with E-state index < -0.39 is 84.6 Å². The summed E-state index contributed by atoms with van der Waals surface area (Å²) in [6.07, 6.45) is 8.88. The molecule has 2 amide bonds. The number of aliphatic hydroxyl groups is 2. The van der Waals surface area contributed by atoms with E-state index in [1.165, 1.54) is 19.9 Å². The third-order valence-electron chi connectivity index (χ3n) is 11.0.